The van der Waals surface area contributed by atoms with Crippen LogP contribution < -0.4 is 11.1 Å². The number of carboxylic acid groups (broad SMARTS) is 3. The van der Waals surface area contributed by atoms with Crippen LogP contribution in [-0.2, 0) is 14.4 Å². The highest BCUT2D eigenvalue weighted by atomic mass is 32.1. The van der Waals surface area contributed by atoms with Crippen LogP contribution in [0.5, 0.6) is 0 Å². The molecule has 0 saturated heterocycles. The molecule has 0 aliphatic heterocycles. The topological polar surface area (TPSA) is 150 Å². The SMILES string of the molecule is NC(CCC(N[C@@H](CS)C(=O)O)C(=O)O)C(=O)O. The van der Waals surface area contributed by atoms with Crippen LogP contribution in [-0.4, -0.2) is 57.1 Å². The van der Waals surface area contributed by atoms with Crippen LogP contribution in [0.1, 0.15) is 12.8 Å². The normalized spacial score (nSPS) is 15.7. The molecule has 0 saturated carbocycles. The van der Waals surface area contributed by atoms with E-state index in [-0.39, 0.29) is 18.6 Å². The Morgan fingerprint density at radius 3 is 1.83 bits per heavy atom. The van der Waals surface area contributed by atoms with Crippen molar-refractivity contribution in [3.05, 3.63) is 0 Å². The van der Waals surface area contributed by atoms with E-state index in [1.54, 1.807) is 0 Å². The maximum absolute atomic E-state index is 10.9. The molecule has 0 heterocycles. The molecule has 0 spiro atoms. The number of nitrogens with one attached hydrogen (secondary N) is 1. The van der Waals surface area contributed by atoms with Gasteiger partial charge in [-0.2, -0.15) is 12.6 Å². The lowest BCUT2D eigenvalue weighted by atomic mass is 10.1. The summed E-state index contributed by atoms with van der Waals surface area (Å²) in [7, 11) is 0. The van der Waals surface area contributed by atoms with Crippen molar-refractivity contribution in [2.24, 2.45) is 5.73 Å². The van der Waals surface area contributed by atoms with Gasteiger partial charge < -0.3 is 21.1 Å². The van der Waals surface area contributed by atoms with E-state index in [1.807, 2.05) is 0 Å². The van der Waals surface area contributed by atoms with Crippen molar-refractivity contribution in [3.63, 3.8) is 0 Å². The summed E-state index contributed by atoms with van der Waals surface area (Å²) in [5, 5.41) is 28.6. The van der Waals surface area contributed by atoms with Crippen LogP contribution in [0.15, 0.2) is 0 Å². The number of aliphatic carboxylic acids is 3. The number of nitrogens with two attached hydrogens (primary N) is 1. The standard InChI is InChI=1S/C9H16N2O6S/c10-4(7(12)13)1-2-5(8(14)15)11-6(3-18)9(16)17/h4-6,11,18H,1-3,10H2,(H,12,13)(H,14,15)(H,16,17)/t4?,5?,6-/m0/s1. The third-order valence-electron chi connectivity index (χ3n) is 2.26. The quantitative estimate of drug-likeness (QED) is 0.282. The molecule has 9 heteroatoms. The fraction of sp³-hybridized carbons (Fsp3) is 0.667. The molecule has 0 bridgehead atoms. The molecule has 0 radical (unpaired) electrons. The molecule has 3 atom stereocenters. The smallest absolute Gasteiger partial charge is 0.321 e. The lowest BCUT2D eigenvalue weighted by molar-refractivity contribution is -0.143. The Kier molecular flexibility index (Phi) is 7.32. The lowest BCUT2D eigenvalue weighted by Crippen LogP contribution is -2.48. The zero-order valence-electron chi connectivity index (χ0n) is 9.44. The monoisotopic (exact) mass is 280 g/mol. The summed E-state index contributed by atoms with van der Waals surface area (Å²) in [6.45, 7) is 0. The molecule has 104 valence electrons. The van der Waals surface area contributed by atoms with Gasteiger partial charge in [0.1, 0.15) is 18.1 Å². The average molecular weight is 280 g/mol. The predicted molar refractivity (Wildman–Crippen MR) is 64.7 cm³/mol. The largest absolute Gasteiger partial charge is 0.480 e. The maximum atomic E-state index is 10.9. The number of hydrogen-bond acceptors (Lipinski definition) is 6. The zero-order valence-corrected chi connectivity index (χ0v) is 10.3. The molecule has 0 rings (SSSR count). The fourth-order valence-electron chi connectivity index (χ4n) is 1.19. The Bertz CT molecular complexity index is 324. The van der Waals surface area contributed by atoms with Crippen molar-refractivity contribution in [1.29, 1.82) is 0 Å². The summed E-state index contributed by atoms with van der Waals surface area (Å²) in [5.74, 6) is -3.80. The molecule has 0 fully saturated rings. The number of thiol groups is 1. The summed E-state index contributed by atoms with van der Waals surface area (Å²) in [6.07, 6.45) is -0.154. The first-order valence-electron chi connectivity index (χ1n) is 5.10. The summed E-state index contributed by atoms with van der Waals surface area (Å²) in [4.78, 5) is 32.1. The van der Waals surface area contributed by atoms with Gasteiger partial charge in [0.2, 0.25) is 0 Å². The molecule has 2 unspecified atom stereocenters. The van der Waals surface area contributed by atoms with Crippen LogP contribution in [0.25, 0.3) is 0 Å². The number of rotatable bonds is 9. The van der Waals surface area contributed by atoms with Crippen molar-refractivity contribution < 1.29 is 29.7 Å². The minimum atomic E-state index is -1.26. The Morgan fingerprint density at radius 2 is 1.50 bits per heavy atom. The summed E-state index contributed by atoms with van der Waals surface area (Å²) in [5.41, 5.74) is 5.24. The Balaban J connectivity index is 4.44. The summed E-state index contributed by atoms with van der Waals surface area (Å²) < 4.78 is 0. The minimum Gasteiger partial charge on any atom is -0.480 e. The zero-order chi connectivity index (χ0) is 14.3. The van der Waals surface area contributed by atoms with Gasteiger partial charge in [-0.1, -0.05) is 0 Å². The third-order valence-corrected chi connectivity index (χ3v) is 2.63. The van der Waals surface area contributed by atoms with Gasteiger partial charge >= 0.3 is 17.9 Å². The van der Waals surface area contributed by atoms with Gasteiger partial charge in [0, 0.05) is 5.75 Å². The minimum absolute atomic E-state index is 0.0712. The molecule has 18 heavy (non-hydrogen) atoms. The van der Waals surface area contributed by atoms with E-state index in [9.17, 15) is 14.4 Å². The number of carbonyl (C=O) groups is 3. The van der Waals surface area contributed by atoms with Crippen LogP contribution in [0.3, 0.4) is 0 Å². The maximum Gasteiger partial charge on any atom is 0.321 e. The van der Waals surface area contributed by atoms with Crippen LogP contribution in [0.4, 0.5) is 0 Å². The molecular formula is C9H16N2O6S. The second-order valence-electron chi connectivity index (χ2n) is 3.65. The number of carboxylic acids is 3. The van der Waals surface area contributed by atoms with Gasteiger partial charge in [-0.05, 0) is 12.8 Å². The third kappa shape index (κ3) is 5.84. The first kappa shape index (κ1) is 16.7. The van der Waals surface area contributed by atoms with E-state index in [0.717, 1.165) is 0 Å². The molecule has 0 aromatic carbocycles. The molecular weight excluding hydrogens is 264 g/mol. The van der Waals surface area contributed by atoms with E-state index >= 15 is 0 Å². The van der Waals surface area contributed by atoms with Crippen LogP contribution >= 0.6 is 12.6 Å². The molecule has 0 aliphatic carbocycles. The molecule has 0 aliphatic rings. The second-order valence-corrected chi connectivity index (χ2v) is 4.02. The van der Waals surface area contributed by atoms with Crippen LogP contribution in [0.2, 0.25) is 0 Å². The first-order chi connectivity index (χ1) is 8.29. The summed E-state index contributed by atoms with van der Waals surface area (Å²) >= 11 is 3.78. The highest BCUT2D eigenvalue weighted by Crippen LogP contribution is 2.03. The molecule has 8 nitrogen and oxygen atoms in total. The van der Waals surface area contributed by atoms with Gasteiger partial charge in [0.25, 0.3) is 0 Å². The lowest BCUT2D eigenvalue weighted by Gasteiger charge is -2.19. The van der Waals surface area contributed by atoms with Gasteiger partial charge in [-0.15, -0.1) is 0 Å². The number of hydrogen-bond donors (Lipinski definition) is 6. The molecule has 6 N–H and O–H groups in total. The molecule has 0 aromatic heterocycles. The van der Waals surface area contributed by atoms with E-state index in [2.05, 4.69) is 17.9 Å². The highest BCUT2D eigenvalue weighted by molar-refractivity contribution is 7.80. The fourth-order valence-corrected chi connectivity index (χ4v) is 1.45. The predicted octanol–water partition coefficient (Wildman–Crippen LogP) is -1.40. The average Bonchev–Trinajstić information content (AvgIpc) is 2.27. The van der Waals surface area contributed by atoms with E-state index in [0.29, 0.717) is 0 Å². The molecule has 0 aromatic rings. The van der Waals surface area contributed by atoms with Crippen molar-refractivity contribution in [3.8, 4) is 0 Å². The van der Waals surface area contributed by atoms with E-state index < -0.39 is 36.0 Å². The first-order valence-corrected chi connectivity index (χ1v) is 5.73. The Labute approximate surface area is 109 Å². The van der Waals surface area contributed by atoms with Crippen LogP contribution in [0, 0.1) is 0 Å². The Morgan fingerprint density at radius 1 is 1.00 bits per heavy atom. The van der Waals surface area contributed by atoms with Crippen molar-refractivity contribution in [2.75, 3.05) is 5.75 Å². The van der Waals surface area contributed by atoms with Crippen molar-refractivity contribution in [2.45, 2.75) is 31.0 Å². The van der Waals surface area contributed by atoms with Gasteiger partial charge in [-0.3, -0.25) is 19.7 Å². The molecule has 0 amide bonds. The van der Waals surface area contributed by atoms with Gasteiger partial charge in [0.05, 0.1) is 0 Å². The Hall–Kier alpha value is -1.32. The van der Waals surface area contributed by atoms with Gasteiger partial charge in [0.15, 0.2) is 0 Å². The van der Waals surface area contributed by atoms with Crippen molar-refractivity contribution >= 4 is 30.5 Å². The highest BCUT2D eigenvalue weighted by Gasteiger charge is 2.26. The second kappa shape index (κ2) is 7.90. The van der Waals surface area contributed by atoms with Gasteiger partial charge in [-0.25, -0.2) is 0 Å². The van der Waals surface area contributed by atoms with E-state index in [1.165, 1.54) is 0 Å². The summed E-state index contributed by atoms with van der Waals surface area (Å²) in [6, 6.07) is -3.47. The van der Waals surface area contributed by atoms with E-state index in [4.69, 9.17) is 21.1 Å². The van der Waals surface area contributed by atoms with Crippen molar-refractivity contribution in [1.82, 2.24) is 5.32 Å².